The molecular weight excluding hydrogens is 524 g/mol. The SMILES string of the molecule is C=C(C)C(=O)OCCOc1ccc(/C=C/c2ccc(OCCOC(=O)C(=C)CC(=O)OC3CCCCC3)cc2)cc1. The van der Waals surface area contributed by atoms with Crippen molar-refractivity contribution >= 4 is 30.1 Å². The van der Waals surface area contributed by atoms with Crippen LogP contribution in [0.1, 0.15) is 56.6 Å². The lowest BCUT2D eigenvalue weighted by atomic mass is 9.98. The van der Waals surface area contributed by atoms with Crippen LogP contribution in [-0.4, -0.2) is 50.4 Å². The minimum atomic E-state index is -0.627. The third-order valence-electron chi connectivity index (χ3n) is 6.24. The largest absolute Gasteiger partial charge is 0.490 e. The summed E-state index contributed by atoms with van der Waals surface area (Å²) in [4.78, 5) is 35.5. The molecule has 0 unspecified atom stereocenters. The molecule has 0 aliphatic heterocycles. The third kappa shape index (κ3) is 11.7. The van der Waals surface area contributed by atoms with Crippen LogP contribution in [0.4, 0.5) is 0 Å². The quantitative estimate of drug-likeness (QED) is 0.0845. The second-order valence-corrected chi connectivity index (χ2v) is 9.75. The van der Waals surface area contributed by atoms with Gasteiger partial charge in [-0.2, -0.15) is 0 Å². The van der Waals surface area contributed by atoms with E-state index in [2.05, 4.69) is 13.2 Å². The van der Waals surface area contributed by atoms with Gasteiger partial charge in [0.05, 0.1) is 6.42 Å². The summed E-state index contributed by atoms with van der Waals surface area (Å²) in [5.41, 5.74) is 2.41. The van der Waals surface area contributed by atoms with E-state index in [-0.39, 0.29) is 44.5 Å². The molecule has 218 valence electrons. The molecule has 0 atom stereocenters. The van der Waals surface area contributed by atoms with Crippen LogP contribution in [0.3, 0.4) is 0 Å². The number of hydrogen-bond donors (Lipinski definition) is 0. The number of rotatable bonds is 15. The minimum Gasteiger partial charge on any atom is -0.490 e. The lowest BCUT2D eigenvalue weighted by Gasteiger charge is -2.21. The molecule has 1 aliphatic carbocycles. The van der Waals surface area contributed by atoms with Gasteiger partial charge in [0.25, 0.3) is 0 Å². The zero-order chi connectivity index (χ0) is 29.5. The summed E-state index contributed by atoms with van der Waals surface area (Å²) in [7, 11) is 0. The number of carbonyl (C=O) groups excluding carboxylic acids is 3. The summed E-state index contributed by atoms with van der Waals surface area (Å²) in [6.45, 7) is 9.42. The van der Waals surface area contributed by atoms with Crippen LogP contribution in [-0.2, 0) is 28.6 Å². The van der Waals surface area contributed by atoms with Gasteiger partial charge in [0, 0.05) is 11.1 Å². The van der Waals surface area contributed by atoms with Crippen LogP contribution in [0.5, 0.6) is 11.5 Å². The molecule has 0 bridgehead atoms. The minimum absolute atomic E-state index is 0.0382. The summed E-state index contributed by atoms with van der Waals surface area (Å²) in [6.07, 6.45) is 8.78. The molecule has 0 amide bonds. The van der Waals surface area contributed by atoms with E-state index in [1.54, 1.807) is 6.92 Å². The van der Waals surface area contributed by atoms with E-state index in [9.17, 15) is 14.4 Å². The average molecular weight is 563 g/mol. The number of esters is 3. The van der Waals surface area contributed by atoms with Crippen LogP contribution < -0.4 is 9.47 Å². The van der Waals surface area contributed by atoms with Crippen LogP contribution in [0, 0.1) is 0 Å². The topological polar surface area (TPSA) is 97.4 Å². The summed E-state index contributed by atoms with van der Waals surface area (Å²) in [5, 5.41) is 0. The van der Waals surface area contributed by atoms with Gasteiger partial charge in [-0.1, -0.05) is 56.0 Å². The molecule has 2 aromatic carbocycles. The second kappa shape index (κ2) is 16.7. The highest BCUT2D eigenvalue weighted by atomic mass is 16.6. The lowest BCUT2D eigenvalue weighted by molar-refractivity contribution is -0.151. The van der Waals surface area contributed by atoms with Crippen LogP contribution in [0.15, 0.2) is 72.8 Å². The monoisotopic (exact) mass is 562 g/mol. The van der Waals surface area contributed by atoms with Gasteiger partial charge < -0.3 is 23.7 Å². The first-order valence-corrected chi connectivity index (χ1v) is 13.8. The average Bonchev–Trinajstić information content (AvgIpc) is 2.97. The highest BCUT2D eigenvalue weighted by molar-refractivity contribution is 5.93. The van der Waals surface area contributed by atoms with Crippen LogP contribution in [0.25, 0.3) is 12.2 Å². The van der Waals surface area contributed by atoms with E-state index in [0.29, 0.717) is 17.1 Å². The molecule has 0 saturated heterocycles. The molecule has 1 saturated carbocycles. The highest BCUT2D eigenvalue weighted by Crippen LogP contribution is 2.21. The zero-order valence-electron chi connectivity index (χ0n) is 23.6. The van der Waals surface area contributed by atoms with Crippen molar-refractivity contribution in [3.8, 4) is 11.5 Å². The fourth-order valence-corrected chi connectivity index (χ4v) is 4.01. The van der Waals surface area contributed by atoms with Crippen molar-refractivity contribution in [2.24, 2.45) is 0 Å². The Morgan fingerprint density at radius 1 is 0.732 bits per heavy atom. The van der Waals surface area contributed by atoms with Gasteiger partial charge in [0.2, 0.25) is 0 Å². The van der Waals surface area contributed by atoms with E-state index in [0.717, 1.165) is 36.8 Å². The first kappa shape index (κ1) is 31.2. The highest BCUT2D eigenvalue weighted by Gasteiger charge is 2.20. The predicted octanol–water partition coefficient (Wildman–Crippen LogP) is 6.10. The van der Waals surface area contributed by atoms with Crippen molar-refractivity contribution < 1.29 is 38.1 Å². The van der Waals surface area contributed by atoms with Crippen molar-refractivity contribution in [3.05, 3.63) is 84.0 Å². The number of carbonyl (C=O) groups is 3. The molecule has 8 heteroatoms. The Morgan fingerprint density at radius 3 is 1.71 bits per heavy atom. The van der Waals surface area contributed by atoms with E-state index >= 15 is 0 Å². The molecule has 0 aromatic heterocycles. The summed E-state index contributed by atoms with van der Waals surface area (Å²) in [5.74, 6) is -0.169. The van der Waals surface area contributed by atoms with Crippen LogP contribution >= 0.6 is 0 Å². The van der Waals surface area contributed by atoms with Crippen molar-refractivity contribution in [3.63, 3.8) is 0 Å². The van der Waals surface area contributed by atoms with Gasteiger partial charge in [-0.3, -0.25) is 4.79 Å². The Hall–Kier alpha value is -4.33. The Morgan fingerprint density at radius 2 is 1.22 bits per heavy atom. The second-order valence-electron chi connectivity index (χ2n) is 9.75. The standard InChI is InChI=1S/C33H38O8/c1-24(2)32(35)39-21-19-37-28-15-11-26(12-16-28)9-10-27-13-17-29(18-14-27)38-20-22-40-33(36)25(3)23-31(34)41-30-7-5-4-6-8-30/h9-18,30H,1,3-8,19-23H2,2H3/b10-9+. The van der Waals surface area contributed by atoms with Gasteiger partial charge in [-0.15, -0.1) is 0 Å². The summed E-state index contributed by atoms with van der Waals surface area (Å²) >= 11 is 0. The molecule has 41 heavy (non-hydrogen) atoms. The maximum absolute atomic E-state index is 12.1. The molecule has 0 N–H and O–H groups in total. The fourth-order valence-electron chi connectivity index (χ4n) is 4.01. The van der Waals surface area contributed by atoms with Gasteiger partial charge >= 0.3 is 17.9 Å². The van der Waals surface area contributed by atoms with Crippen LogP contribution in [0.2, 0.25) is 0 Å². The Balaban J connectivity index is 1.31. The van der Waals surface area contributed by atoms with E-state index in [4.69, 9.17) is 23.7 Å². The molecule has 0 heterocycles. The van der Waals surface area contributed by atoms with Crippen molar-refractivity contribution in [2.75, 3.05) is 26.4 Å². The summed E-state index contributed by atoms with van der Waals surface area (Å²) in [6, 6.07) is 15.1. The van der Waals surface area contributed by atoms with Crippen molar-refractivity contribution in [2.45, 2.75) is 51.6 Å². The normalized spacial score (nSPS) is 13.3. The molecule has 1 aliphatic rings. The van der Waals surface area contributed by atoms with Gasteiger partial charge in [-0.25, -0.2) is 9.59 Å². The summed E-state index contributed by atoms with van der Waals surface area (Å²) < 4.78 is 26.8. The number of benzene rings is 2. The van der Waals surface area contributed by atoms with Crippen molar-refractivity contribution in [1.29, 1.82) is 0 Å². The predicted molar refractivity (Wildman–Crippen MR) is 156 cm³/mol. The Bertz CT molecular complexity index is 1200. The molecule has 1 fully saturated rings. The fraction of sp³-hybridized carbons (Fsp3) is 0.364. The third-order valence-corrected chi connectivity index (χ3v) is 6.24. The molecule has 0 spiro atoms. The first-order chi connectivity index (χ1) is 19.8. The van der Waals surface area contributed by atoms with Gasteiger partial charge in [-0.05, 0) is 68.0 Å². The Labute approximate surface area is 241 Å². The number of hydrogen-bond acceptors (Lipinski definition) is 8. The first-order valence-electron chi connectivity index (χ1n) is 13.8. The molecule has 3 rings (SSSR count). The van der Waals surface area contributed by atoms with E-state index in [1.807, 2.05) is 60.7 Å². The van der Waals surface area contributed by atoms with E-state index < -0.39 is 17.9 Å². The van der Waals surface area contributed by atoms with Gasteiger partial charge in [0.15, 0.2) is 0 Å². The smallest absolute Gasteiger partial charge is 0.334 e. The maximum atomic E-state index is 12.1. The lowest BCUT2D eigenvalue weighted by Crippen LogP contribution is -2.22. The molecule has 8 nitrogen and oxygen atoms in total. The maximum Gasteiger partial charge on any atom is 0.334 e. The van der Waals surface area contributed by atoms with E-state index in [1.165, 1.54) is 6.42 Å². The molecular formula is C33H38O8. The molecule has 0 radical (unpaired) electrons. The van der Waals surface area contributed by atoms with Crippen molar-refractivity contribution in [1.82, 2.24) is 0 Å². The molecule has 2 aromatic rings. The Kier molecular flexibility index (Phi) is 12.7. The number of ether oxygens (including phenoxy) is 5. The van der Waals surface area contributed by atoms with Gasteiger partial charge in [0.1, 0.15) is 44.0 Å². The zero-order valence-corrected chi connectivity index (χ0v) is 23.6.